The molecule has 0 saturated heterocycles. The molecule has 0 bridgehead atoms. The Hall–Kier alpha value is -2.49. The van der Waals surface area contributed by atoms with Crippen molar-refractivity contribution in [1.82, 2.24) is 0 Å². The van der Waals surface area contributed by atoms with Crippen LogP contribution in [0.1, 0.15) is 17.5 Å². The van der Waals surface area contributed by atoms with Crippen LogP contribution in [-0.2, 0) is 15.5 Å². The van der Waals surface area contributed by atoms with E-state index in [1.54, 1.807) is 42.5 Å². The molecule has 0 aliphatic rings. The average Bonchev–Trinajstić information content (AvgIpc) is 2.55. The third-order valence-electron chi connectivity index (χ3n) is 3.20. The lowest BCUT2D eigenvalue weighted by molar-refractivity contribution is -0.137. The first kappa shape index (κ1) is 15.9. The first-order valence-corrected chi connectivity index (χ1v) is 6.80. The second kappa shape index (κ2) is 6.98. The summed E-state index contributed by atoms with van der Waals surface area (Å²) in [6.45, 7) is 0. The van der Waals surface area contributed by atoms with E-state index in [4.69, 9.17) is 0 Å². The zero-order valence-corrected chi connectivity index (χ0v) is 12.1. The van der Waals surface area contributed by atoms with Crippen molar-refractivity contribution >= 4 is 12.0 Å². The van der Waals surface area contributed by atoms with Crippen molar-refractivity contribution in [2.75, 3.05) is 7.11 Å². The smallest absolute Gasteiger partial charge is 0.333 e. The molecular weight excluding hydrogens is 286 g/mol. The molecule has 2 nitrogen and oxygen atoms in total. The number of carbonyl (C=O) groups excluding carboxylic acids is 1. The Labute approximate surface area is 128 Å². The number of carbonyl (C=O) groups is 1. The van der Waals surface area contributed by atoms with Gasteiger partial charge in [-0.2, -0.15) is 0 Å². The van der Waals surface area contributed by atoms with Gasteiger partial charge < -0.3 is 4.74 Å². The van der Waals surface area contributed by atoms with Crippen molar-refractivity contribution in [2.45, 2.75) is 12.3 Å². The SMILES string of the molecule is COC(=O)C(=Cc1ccccc1)CC(F)(F)c1ccccc1. The van der Waals surface area contributed by atoms with Gasteiger partial charge in [-0.05, 0) is 11.6 Å². The van der Waals surface area contributed by atoms with Crippen LogP contribution in [0.15, 0.2) is 66.2 Å². The van der Waals surface area contributed by atoms with Gasteiger partial charge in [0, 0.05) is 17.6 Å². The van der Waals surface area contributed by atoms with E-state index >= 15 is 0 Å². The molecule has 0 spiro atoms. The highest BCUT2D eigenvalue weighted by atomic mass is 19.3. The van der Waals surface area contributed by atoms with Crippen LogP contribution < -0.4 is 0 Å². The van der Waals surface area contributed by atoms with E-state index in [1.165, 1.54) is 25.3 Å². The first-order chi connectivity index (χ1) is 10.5. The number of halogens is 2. The highest BCUT2D eigenvalue weighted by molar-refractivity contribution is 5.93. The molecule has 0 amide bonds. The lowest BCUT2D eigenvalue weighted by atomic mass is 9.98. The molecule has 0 saturated carbocycles. The van der Waals surface area contributed by atoms with Crippen LogP contribution in [0, 0.1) is 0 Å². The maximum Gasteiger partial charge on any atom is 0.333 e. The molecule has 0 N–H and O–H groups in total. The molecule has 0 aliphatic heterocycles. The van der Waals surface area contributed by atoms with Crippen LogP contribution in [0.5, 0.6) is 0 Å². The quantitative estimate of drug-likeness (QED) is 0.603. The highest BCUT2D eigenvalue weighted by Crippen LogP contribution is 2.35. The monoisotopic (exact) mass is 302 g/mol. The van der Waals surface area contributed by atoms with Gasteiger partial charge in [-0.15, -0.1) is 0 Å². The van der Waals surface area contributed by atoms with Crippen LogP contribution in [-0.4, -0.2) is 13.1 Å². The molecule has 0 aromatic heterocycles. The summed E-state index contributed by atoms with van der Waals surface area (Å²) in [5.74, 6) is -3.89. The molecule has 22 heavy (non-hydrogen) atoms. The number of hydrogen-bond acceptors (Lipinski definition) is 2. The molecule has 0 fully saturated rings. The van der Waals surface area contributed by atoms with E-state index in [1.807, 2.05) is 6.07 Å². The molecule has 4 heteroatoms. The summed E-state index contributed by atoms with van der Waals surface area (Å²) in [4.78, 5) is 11.8. The third kappa shape index (κ3) is 4.01. The molecule has 2 aromatic carbocycles. The number of alkyl halides is 2. The standard InChI is InChI=1S/C18H16F2O2/c1-22-17(21)15(12-14-8-4-2-5-9-14)13-18(19,20)16-10-6-3-7-11-16/h2-12H,13H2,1H3. The predicted molar refractivity (Wildman–Crippen MR) is 81.4 cm³/mol. The highest BCUT2D eigenvalue weighted by Gasteiger charge is 2.34. The second-order valence-electron chi connectivity index (χ2n) is 4.82. The molecule has 114 valence electrons. The van der Waals surface area contributed by atoms with E-state index in [9.17, 15) is 13.6 Å². The van der Waals surface area contributed by atoms with Crippen molar-refractivity contribution in [3.8, 4) is 0 Å². The maximum absolute atomic E-state index is 14.4. The minimum absolute atomic E-state index is 0.0671. The van der Waals surface area contributed by atoms with E-state index in [0.29, 0.717) is 5.56 Å². The summed E-state index contributed by atoms with van der Waals surface area (Å²) in [6, 6.07) is 16.3. The Balaban J connectivity index is 2.31. The zero-order chi connectivity index (χ0) is 16.0. The van der Waals surface area contributed by atoms with Crippen molar-refractivity contribution in [1.29, 1.82) is 0 Å². The number of ether oxygens (including phenoxy) is 1. The van der Waals surface area contributed by atoms with Crippen molar-refractivity contribution in [3.05, 3.63) is 77.4 Å². The van der Waals surface area contributed by atoms with Gasteiger partial charge in [0.05, 0.1) is 7.11 Å². The minimum atomic E-state index is -3.14. The maximum atomic E-state index is 14.4. The third-order valence-corrected chi connectivity index (χ3v) is 3.20. The Morgan fingerprint density at radius 3 is 2.14 bits per heavy atom. The summed E-state index contributed by atoms with van der Waals surface area (Å²) in [6.07, 6.45) is 0.723. The topological polar surface area (TPSA) is 26.3 Å². The predicted octanol–water partition coefficient (Wildman–Crippen LogP) is 4.43. The van der Waals surface area contributed by atoms with Gasteiger partial charge >= 0.3 is 5.97 Å². The first-order valence-electron chi connectivity index (χ1n) is 6.80. The largest absolute Gasteiger partial charge is 0.466 e. The van der Waals surface area contributed by atoms with E-state index < -0.39 is 18.3 Å². The van der Waals surface area contributed by atoms with E-state index in [-0.39, 0.29) is 11.1 Å². The fourth-order valence-corrected chi connectivity index (χ4v) is 2.09. The van der Waals surface area contributed by atoms with Gasteiger partial charge in [-0.3, -0.25) is 0 Å². The molecule has 0 atom stereocenters. The van der Waals surface area contributed by atoms with Gasteiger partial charge in [-0.25, -0.2) is 13.6 Å². The van der Waals surface area contributed by atoms with Crippen molar-refractivity contribution < 1.29 is 18.3 Å². The van der Waals surface area contributed by atoms with E-state index in [0.717, 1.165) is 0 Å². The molecule has 2 aromatic rings. The lowest BCUT2D eigenvalue weighted by Crippen LogP contribution is -2.18. The number of rotatable bonds is 5. The Morgan fingerprint density at radius 2 is 1.59 bits per heavy atom. The van der Waals surface area contributed by atoms with Crippen molar-refractivity contribution in [2.24, 2.45) is 0 Å². The van der Waals surface area contributed by atoms with Gasteiger partial charge in [0.1, 0.15) is 0 Å². The fourth-order valence-electron chi connectivity index (χ4n) is 2.09. The van der Waals surface area contributed by atoms with Gasteiger partial charge in [0.25, 0.3) is 5.92 Å². The summed E-state index contributed by atoms with van der Waals surface area (Å²) in [5, 5.41) is 0. The van der Waals surface area contributed by atoms with E-state index in [2.05, 4.69) is 4.74 Å². The van der Waals surface area contributed by atoms with Crippen molar-refractivity contribution in [3.63, 3.8) is 0 Å². The van der Waals surface area contributed by atoms with Gasteiger partial charge in [0.15, 0.2) is 0 Å². The molecule has 0 unspecified atom stereocenters. The second-order valence-corrected chi connectivity index (χ2v) is 4.82. The van der Waals surface area contributed by atoms with Crippen LogP contribution in [0.25, 0.3) is 6.08 Å². The summed E-state index contributed by atoms with van der Waals surface area (Å²) >= 11 is 0. The number of methoxy groups -OCH3 is 1. The molecule has 0 heterocycles. The van der Waals surface area contributed by atoms with Gasteiger partial charge in [-0.1, -0.05) is 60.7 Å². The number of benzene rings is 2. The zero-order valence-electron chi connectivity index (χ0n) is 12.1. The summed E-state index contributed by atoms with van der Waals surface area (Å²) in [5.41, 5.74) is 0.479. The Bertz CT molecular complexity index is 649. The molecular formula is C18H16F2O2. The Kier molecular flexibility index (Phi) is 5.04. The number of esters is 1. The Morgan fingerprint density at radius 1 is 1.05 bits per heavy atom. The van der Waals surface area contributed by atoms with Crippen LogP contribution in [0.2, 0.25) is 0 Å². The average molecular weight is 302 g/mol. The van der Waals surface area contributed by atoms with Crippen LogP contribution in [0.3, 0.4) is 0 Å². The molecule has 0 aliphatic carbocycles. The number of hydrogen-bond donors (Lipinski definition) is 0. The van der Waals surface area contributed by atoms with Crippen LogP contribution >= 0.6 is 0 Å². The lowest BCUT2D eigenvalue weighted by Gasteiger charge is -2.17. The summed E-state index contributed by atoms with van der Waals surface area (Å²) < 4.78 is 33.3. The van der Waals surface area contributed by atoms with Gasteiger partial charge in [0.2, 0.25) is 0 Å². The molecule has 0 radical (unpaired) electrons. The normalized spacial score (nSPS) is 12.0. The minimum Gasteiger partial charge on any atom is -0.466 e. The summed E-state index contributed by atoms with van der Waals surface area (Å²) in [7, 11) is 1.18. The molecule has 2 rings (SSSR count). The fraction of sp³-hybridized carbons (Fsp3) is 0.167. The van der Waals surface area contributed by atoms with Crippen LogP contribution in [0.4, 0.5) is 8.78 Å².